The normalized spacial score (nSPS) is 17.5. The summed E-state index contributed by atoms with van der Waals surface area (Å²) in [5, 5.41) is 0. The van der Waals surface area contributed by atoms with Gasteiger partial charge in [-0.1, -0.05) is 19.3 Å². The van der Waals surface area contributed by atoms with Gasteiger partial charge in [0.1, 0.15) is 0 Å². The Morgan fingerprint density at radius 3 is 2.29 bits per heavy atom. The van der Waals surface area contributed by atoms with E-state index in [0.29, 0.717) is 29.5 Å². The standard InChI is InChI=1S/C17H28N2O4S/c1-12-9-15(22-2)16(23-3)10-17(12)24(20,21)19-14(11-18)13-7-5-4-6-8-13/h9-10,13-14,19H,4-8,11,18H2,1-3H3. The largest absolute Gasteiger partial charge is 0.493 e. The number of ether oxygens (including phenoxy) is 2. The fraction of sp³-hybridized carbons (Fsp3) is 0.647. The lowest BCUT2D eigenvalue weighted by Gasteiger charge is -2.30. The number of methoxy groups -OCH3 is 2. The Morgan fingerprint density at radius 1 is 1.17 bits per heavy atom. The molecule has 1 unspecified atom stereocenters. The lowest BCUT2D eigenvalue weighted by Crippen LogP contribution is -2.45. The lowest BCUT2D eigenvalue weighted by molar-refractivity contribution is 0.294. The van der Waals surface area contributed by atoms with Crippen molar-refractivity contribution in [3.8, 4) is 11.5 Å². The van der Waals surface area contributed by atoms with Crippen molar-refractivity contribution in [1.82, 2.24) is 4.72 Å². The van der Waals surface area contributed by atoms with Crippen LogP contribution in [-0.2, 0) is 10.0 Å². The van der Waals surface area contributed by atoms with Crippen LogP contribution in [0.5, 0.6) is 11.5 Å². The van der Waals surface area contributed by atoms with Crippen molar-refractivity contribution < 1.29 is 17.9 Å². The number of aryl methyl sites for hydroxylation is 1. The third-order valence-electron chi connectivity index (χ3n) is 4.75. The number of hydrogen-bond donors (Lipinski definition) is 2. The van der Waals surface area contributed by atoms with Gasteiger partial charge in [0.25, 0.3) is 0 Å². The van der Waals surface area contributed by atoms with Gasteiger partial charge in [-0.2, -0.15) is 0 Å². The van der Waals surface area contributed by atoms with E-state index in [9.17, 15) is 8.42 Å². The van der Waals surface area contributed by atoms with Crippen molar-refractivity contribution in [2.45, 2.75) is 50.0 Å². The van der Waals surface area contributed by atoms with E-state index >= 15 is 0 Å². The van der Waals surface area contributed by atoms with E-state index in [2.05, 4.69) is 4.72 Å². The van der Waals surface area contributed by atoms with Crippen LogP contribution in [0, 0.1) is 12.8 Å². The summed E-state index contributed by atoms with van der Waals surface area (Å²) >= 11 is 0. The smallest absolute Gasteiger partial charge is 0.241 e. The summed E-state index contributed by atoms with van der Waals surface area (Å²) in [5.41, 5.74) is 6.47. The first kappa shape index (κ1) is 19.0. The van der Waals surface area contributed by atoms with Crippen LogP contribution >= 0.6 is 0 Å². The molecule has 1 aliphatic rings. The fourth-order valence-corrected chi connectivity index (χ4v) is 4.95. The van der Waals surface area contributed by atoms with Gasteiger partial charge in [0.15, 0.2) is 11.5 Å². The molecule has 1 atom stereocenters. The molecule has 0 radical (unpaired) electrons. The molecular formula is C17H28N2O4S. The number of benzene rings is 1. The SMILES string of the molecule is COc1cc(C)c(S(=O)(=O)NC(CN)C2CCCCC2)cc1OC. The third-order valence-corrected chi connectivity index (χ3v) is 6.38. The summed E-state index contributed by atoms with van der Waals surface area (Å²) in [6.45, 7) is 2.05. The molecule has 1 fully saturated rings. The van der Waals surface area contributed by atoms with Crippen molar-refractivity contribution in [1.29, 1.82) is 0 Å². The van der Waals surface area contributed by atoms with Gasteiger partial charge in [-0.05, 0) is 37.3 Å². The molecule has 1 aromatic carbocycles. The van der Waals surface area contributed by atoms with E-state index in [-0.39, 0.29) is 10.9 Å². The second kappa shape index (κ2) is 8.18. The van der Waals surface area contributed by atoms with Crippen LogP contribution in [0.4, 0.5) is 0 Å². The predicted octanol–water partition coefficient (Wildman–Crippen LogP) is 2.20. The molecule has 24 heavy (non-hydrogen) atoms. The Kier molecular flexibility index (Phi) is 6.48. The summed E-state index contributed by atoms with van der Waals surface area (Å²) in [5.74, 6) is 1.21. The van der Waals surface area contributed by atoms with Crippen molar-refractivity contribution >= 4 is 10.0 Å². The second-order valence-electron chi connectivity index (χ2n) is 6.33. The third kappa shape index (κ3) is 4.20. The van der Waals surface area contributed by atoms with Crippen LogP contribution < -0.4 is 19.9 Å². The molecule has 3 N–H and O–H groups in total. The average molecular weight is 356 g/mol. The number of rotatable bonds is 7. The van der Waals surface area contributed by atoms with E-state index < -0.39 is 10.0 Å². The van der Waals surface area contributed by atoms with Crippen LogP contribution in [0.25, 0.3) is 0 Å². The minimum Gasteiger partial charge on any atom is -0.493 e. The average Bonchev–Trinajstić information content (AvgIpc) is 2.59. The molecule has 1 saturated carbocycles. The van der Waals surface area contributed by atoms with Crippen molar-refractivity contribution in [2.24, 2.45) is 11.7 Å². The molecule has 0 spiro atoms. The highest BCUT2D eigenvalue weighted by molar-refractivity contribution is 7.89. The monoisotopic (exact) mass is 356 g/mol. The van der Waals surface area contributed by atoms with Gasteiger partial charge in [-0.25, -0.2) is 13.1 Å². The molecule has 0 aromatic heterocycles. The van der Waals surface area contributed by atoms with Crippen molar-refractivity contribution in [3.63, 3.8) is 0 Å². The maximum atomic E-state index is 12.9. The molecular weight excluding hydrogens is 328 g/mol. The lowest BCUT2D eigenvalue weighted by atomic mass is 9.84. The van der Waals surface area contributed by atoms with Crippen LogP contribution in [0.2, 0.25) is 0 Å². The Balaban J connectivity index is 2.28. The highest BCUT2D eigenvalue weighted by Crippen LogP contribution is 2.33. The molecule has 6 nitrogen and oxygen atoms in total. The molecule has 136 valence electrons. The summed E-state index contributed by atoms with van der Waals surface area (Å²) in [4.78, 5) is 0.203. The molecule has 1 aliphatic carbocycles. The Morgan fingerprint density at radius 2 is 1.75 bits per heavy atom. The minimum atomic E-state index is -3.67. The zero-order valence-corrected chi connectivity index (χ0v) is 15.5. The van der Waals surface area contributed by atoms with E-state index in [1.54, 1.807) is 13.0 Å². The first-order chi connectivity index (χ1) is 11.4. The number of nitrogens with two attached hydrogens (primary N) is 1. The predicted molar refractivity (Wildman–Crippen MR) is 94.0 cm³/mol. The van der Waals surface area contributed by atoms with Crippen LogP contribution in [-0.4, -0.2) is 35.2 Å². The van der Waals surface area contributed by atoms with Crippen molar-refractivity contribution in [3.05, 3.63) is 17.7 Å². The molecule has 0 heterocycles. The van der Waals surface area contributed by atoms with Gasteiger partial charge < -0.3 is 15.2 Å². The molecule has 0 saturated heterocycles. The molecule has 0 bridgehead atoms. The van der Waals surface area contributed by atoms with Crippen LogP contribution in [0.15, 0.2) is 17.0 Å². The van der Waals surface area contributed by atoms with Gasteiger partial charge in [-0.3, -0.25) is 0 Å². The maximum absolute atomic E-state index is 12.9. The Labute approximate surface area is 144 Å². The van der Waals surface area contributed by atoms with Crippen molar-refractivity contribution in [2.75, 3.05) is 20.8 Å². The Hall–Kier alpha value is -1.31. The zero-order chi connectivity index (χ0) is 17.7. The maximum Gasteiger partial charge on any atom is 0.241 e. The van der Waals surface area contributed by atoms with Crippen LogP contribution in [0.1, 0.15) is 37.7 Å². The second-order valence-corrected chi connectivity index (χ2v) is 8.02. The highest BCUT2D eigenvalue weighted by atomic mass is 32.2. The molecule has 0 aliphatic heterocycles. The number of sulfonamides is 1. The van der Waals surface area contributed by atoms with E-state index in [1.165, 1.54) is 26.7 Å². The first-order valence-corrected chi connectivity index (χ1v) is 9.86. The molecule has 1 aromatic rings. The topological polar surface area (TPSA) is 90.7 Å². The van der Waals surface area contributed by atoms with Gasteiger partial charge in [-0.15, -0.1) is 0 Å². The quantitative estimate of drug-likeness (QED) is 0.781. The molecule has 0 amide bonds. The van der Waals surface area contributed by atoms with Gasteiger partial charge >= 0.3 is 0 Å². The summed E-state index contributed by atoms with van der Waals surface area (Å²) in [6.07, 6.45) is 5.54. The minimum absolute atomic E-state index is 0.203. The highest BCUT2D eigenvalue weighted by Gasteiger charge is 2.29. The molecule has 7 heteroatoms. The zero-order valence-electron chi connectivity index (χ0n) is 14.7. The van der Waals surface area contributed by atoms with Gasteiger partial charge in [0.05, 0.1) is 19.1 Å². The van der Waals surface area contributed by atoms with Gasteiger partial charge in [0.2, 0.25) is 10.0 Å². The summed E-state index contributed by atoms with van der Waals surface area (Å²) < 4.78 is 39.0. The Bertz CT molecular complexity index is 655. The summed E-state index contributed by atoms with van der Waals surface area (Å²) in [6, 6.07) is 2.94. The van der Waals surface area contributed by atoms with Crippen LogP contribution in [0.3, 0.4) is 0 Å². The van der Waals surface area contributed by atoms with E-state index in [1.807, 2.05) is 0 Å². The molecule has 2 rings (SSSR count). The number of hydrogen-bond acceptors (Lipinski definition) is 5. The summed E-state index contributed by atoms with van der Waals surface area (Å²) in [7, 11) is -0.662. The van der Waals surface area contributed by atoms with Gasteiger partial charge in [0, 0.05) is 18.7 Å². The fourth-order valence-electron chi connectivity index (χ4n) is 3.39. The van der Waals surface area contributed by atoms with E-state index in [0.717, 1.165) is 25.7 Å². The van der Waals surface area contributed by atoms with E-state index in [4.69, 9.17) is 15.2 Å². The number of nitrogens with one attached hydrogen (secondary N) is 1. The first-order valence-electron chi connectivity index (χ1n) is 8.38.